The average Bonchev–Trinajstić information content (AvgIpc) is 3.15. The van der Waals surface area contributed by atoms with Gasteiger partial charge in [0.2, 0.25) is 0 Å². The highest BCUT2D eigenvalue weighted by Crippen LogP contribution is 2.43. The standard InChI is InChI=1S/C23H16ClF3N2O2S/c1-32(30,31)19-13-9-16(10-14-19)21-20(15-7-11-17(24)12-8-15)22(23(25,26)27)28-29(21)18-5-3-2-4-6-18/h2-14H,1H3. The highest BCUT2D eigenvalue weighted by atomic mass is 35.5. The predicted molar refractivity (Wildman–Crippen MR) is 118 cm³/mol. The van der Waals surface area contributed by atoms with Gasteiger partial charge in [0.15, 0.2) is 15.5 Å². The second-order valence-electron chi connectivity index (χ2n) is 7.12. The first-order valence-corrected chi connectivity index (χ1v) is 11.6. The molecule has 0 spiro atoms. The van der Waals surface area contributed by atoms with Crippen LogP contribution >= 0.6 is 11.6 Å². The number of hydrogen-bond acceptors (Lipinski definition) is 3. The Bertz CT molecular complexity index is 1360. The van der Waals surface area contributed by atoms with Crippen LogP contribution < -0.4 is 0 Å². The summed E-state index contributed by atoms with van der Waals surface area (Å²) in [5.74, 6) is 0. The molecule has 1 heterocycles. The first kappa shape index (κ1) is 22.1. The number of nitrogens with zero attached hydrogens (tertiary/aromatic N) is 2. The minimum absolute atomic E-state index is 0.0658. The Morgan fingerprint density at radius 3 is 1.94 bits per heavy atom. The summed E-state index contributed by atoms with van der Waals surface area (Å²) < 4.78 is 67.1. The van der Waals surface area contributed by atoms with E-state index in [1.807, 2.05) is 0 Å². The third-order valence-electron chi connectivity index (χ3n) is 4.84. The highest BCUT2D eigenvalue weighted by Gasteiger charge is 2.40. The molecular formula is C23H16ClF3N2O2S. The summed E-state index contributed by atoms with van der Waals surface area (Å²) in [5.41, 5.74) is 0.114. The molecule has 0 saturated carbocycles. The minimum atomic E-state index is -4.73. The van der Waals surface area contributed by atoms with Crippen molar-refractivity contribution in [3.63, 3.8) is 0 Å². The zero-order chi connectivity index (χ0) is 23.1. The van der Waals surface area contributed by atoms with Gasteiger partial charge in [-0.1, -0.05) is 54.1 Å². The van der Waals surface area contributed by atoms with Gasteiger partial charge in [-0.3, -0.25) is 0 Å². The molecule has 32 heavy (non-hydrogen) atoms. The van der Waals surface area contributed by atoms with Crippen molar-refractivity contribution >= 4 is 21.4 Å². The van der Waals surface area contributed by atoms with Crippen LogP contribution in [0.1, 0.15) is 5.69 Å². The Morgan fingerprint density at radius 1 is 0.844 bits per heavy atom. The molecule has 0 N–H and O–H groups in total. The van der Waals surface area contributed by atoms with Gasteiger partial charge in [0.1, 0.15) is 0 Å². The second kappa shape index (κ2) is 8.11. The van der Waals surface area contributed by atoms with Crippen LogP contribution in [0.25, 0.3) is 28.1 Å². The number of rotatable bonds is 4. The number of alkyl halides is 3. The Balaban J connectivity index is 2.07. The van der Waals surface area contributed by atoms with Crippen molar-refractivity contribution in [3.05, 3.63) is 89.6 Å². The van der Waals surface area contributed by atoms with Crippen molar-refractivity contribution in [3.8, 4) is 28.1 Å². The van der Waals surface area contributed by atoms with Gasteiger partial charge >= 0.3 is 6.18 Å². The molecule has 9 heteroatoms. The molecule has 0 amide bonds. The molecule has 4 rings (SSSR count). The molecule has 0 radical (unpaired) electrons. The van der Waals surface area contributed by atoms with Crippen molar-refractivity contribution in [1.82, 2.24) is 9.78 Å². The van der Waals surface area contributed by atoms with E-state index in [4.69, 9.17) is 11.6 Å². The van der Waals surface area contributed by atoms with Gasteiger partial charge in [0.05, 0.1) is 16.3 Å². The number of sulfone groups is 1. The maximum absolute atomic E-state index is 14.1. The molecule has 164 valence electrons. The van der Waals surface area contributed by atoms with Crippen LogP contribution in [-0.2, 0) is 16.0 Å². The van der Waals surface area contributed by atoms with Crippen molar-refractivity contribution in [2.45, 2.75) is 11.1 Å². The smallest absolute Gasteiger partial charge is 0.232 e. The van der Waals surface area contributed by atoms with Crippen molar-refractivity contribution in [2.75, 3.05) is 6.26 Å². The third-order valence-corrected chi connectivity index (χ3v) is 6.22. The lowest BCUT2D eigenvalue weighted by Gasteiger charge is -2.12. The molecule has 0 aliphatic heterocycles. The number of benzene rings is 3. The fraction of sp³-hybridized carbons (Fsp3) is 0.0870. The lowest BCUT2D eigenvalue weighted by Crippen LogP contribution is -2.08. The van der Waals surface area contributed by atoms with E-state index in [0.29, 0.717) is 16.3 Å². The van der Waals surface area contributed by atoms with Crippen LogP contribution in [0.4, 0.5) is 13.2 Å². The van der Waals surface area contributed by atoms with E-state index < -0.39 is 21.7 Å². The van der Waals surface area contributed by atoms with Crippen LogP contribution in [-0.4, -0.2) is 24.5 Å². The molecule has 0 aliphatic carbocycles. The minimum Gasteiger partial charge on any atom is -0.232 e. The summed E-state index contributed by atoms with van der Waals surface area (Å²) in [6.07, 6.45) is -3.66. The Labute approximate surface area is 187 Å². The lowest BCUT2D eigenvalue weighted by atomic mass is 9.98. The van der Waals surface area contributed by atoms with E-state index >= 15 is 0 Å². The number of hydrogen-bond donors (Lipinski definition) is 0. The van der Waals surface area contributed by atoms with Gasteiger partial charge in [0.25, 0.3) is 0 Å². The zero-order valence-corrected chi connectivity index (χ0v) is 18.2. The number of aromatic nitrogens is 2. The highest BCUT2D eigenvalue weighted by molar-refractivity contribution is 7.90. The van der Waals surface area contributed by atoms with Gasteiger partial charge in [-0.2, -0.15) is 18.3 Å². The summed E-state index contributed by atoms with van der Waals surface area (Å²) in [5, 5.41) is 4.32. The molecule has 0 aliphatic rings. The van der Waals surface area contributed by atoms with E-state index in [1.54, 1.807) is 30.3 Å². The van der Waals surface area contributed by atoms with Gasteiger partial charge in [-0.15, -0.1) is 0 Å². The lowest BCUT2D eigenvalue weighted by molar-refractivity contribution is -0.140. The van der Waals surface area contributed by atoms with E-state index in [1.165, 1.54) is 53.2 Å². The van der Waals surface area contributed by atoms with Crippen molar-refractivity contribution in [2.24, 2.45) is 0 Å². The average molecular weight is 477 g/mol. The van der Waals surface area contributed by atoms with Crippen molar-refractivity contribution in [1.29, 1.82) is 0 Å². The summed E-state index contributed by atoms with van der Waals surface area (Å²) >= 11 is 5.95. The van der Waals surface area contributed by atoms with E-state index in [-0.39, 0.29) is 21.7 Å². The van der Waals surface area contributed by atoms with Crippen LogP contribution in [0.15, 0.2) is 83.8 Å². The van der Waals surface area contributed by atoms with E-state index in [9.17, 15) is 21.6 Å². The van der Waals surface area contributed by atoms with Gasteiger partial charge in [-0.05, 0) is 42.0 Å². The summed E-state index contributed by atoms with van der Waals surface area (Å²) in [7, 11) is -3.47. The summed E-state index contributed by atoms with van der Waals surface area (Å²) in [6, 6.07) is 20.1. The van der Waals surface area contributed by atoms with E-state index in [2.05, 4.69) is 5.10 Å². The fourth-order valence-electron chi connectivity index (χ4n) is 3.39. The first-order valence-electron chi connectivity index (χ1n) is 9.38. The molecular weight excluding hydrogens is 461 g/mol. The molecule has 4 nitrogen and oxygen atoms in total. The molecule has 4 aromatic rings. The number of para-hydroxylation sites is 1. The van der Waals surface area contributed by atoms with Gasteiger partial charge in [-0.25, -0.2) is 13.1 Å². The third kappa shape index (κ3) is 4.28. The summed E-state index contributed by atoms with van der Waals surface area (Å²) in [6.45, 7) is 0. The molecule has 0 saturated heterocycles. The zero-order valence-electron chi connectivity index (χ0n) is 16.6. The Morgan fingerprint density at radius 2 is 1.41 bits per heavy atom. The Hall–Kier alpha value is -3.10. The van der Waals surface area contributed by atoms with Crippen molar-refractivity contribution < 1.29 is 21.6 Å². The molecule has 0 bridgehead atoms. The maximum Gasteiger partial charge on any atom is 0.435 e. The quantitative estimate of drug-likeness (QED) is 0.348. The van der Waals surface area contributed by atoms with Gasteiger partial charge < -0.3 is 0 Å². The molecule has 1 aromatic heterocycles. The normalized spacial score (nSPS) is 12.2. The molecule has 0 unspecified atom stereocenters. The summed E-state index contributed by atoms with van der Waals surface area (Å²) in [4.78, 5) is 0.0658. The molecule has 3 aromatic carbocycles. The first-order chi connectivity index (χ1) is 15.1. The van der Waals surface area contributed by atoms with Crippen LogP contribution in [0.2, 0.25) is 5.02 Å². The predicted octanol–water partition coefficient (Wildman–Crippen LogP) is 6.28. The largest absolute Gasteiger partial charge is 0.435 e. The Kier molecular flexibility index (Phi) is 5.60. The van der Waals surface area contributed by atoms with Crippen LogP contribution in [0, 0.1) is 0 Å². The van der Waals surface area contributed by atoms with Gasteiger partial charge in [0, 0.05) is 22.4 Å². The second-order valence-corrected chi connectivity index (χ2v) is 9.57. The molecule has 0 fully saturated rings. The van der Waals surface area contributed by atoms with E-state index in [0.717, 1.165) is 6.26 Å². The van der Waals surface area contributed by atoms with Crippen LogP contribution in [0.3, 0.4) is 0 Å². The van der Waals surface area contributed by atoms with Crippen LogP contribution in [0.5, 0.6) is 0 Å². The maximum atomic E-state index is 14.1. The monoisotopic (exact) mass is 476 g/mol. The topological polar surface area (TPSA) is 52.0 Å². The fourth-order valence-corrected chi connectivity index (χ4v) is 4.15. The number of halogens is 4. The SMILES string of the molecule is CS(=O)(=O)c1ccc(-c2c(-c3ccc(Cl)cc3)c(C(F)(F)F)nn2-c2ccccc2)cc1. The molecule has 0 atom stereocenters.